The first-order chi connectivity index (χ1) is 16.1. The molecule has 2 unspecified atom stereocenters. The number of anilines is 1. The Bertz CT molecular complexity index is 1080. The predicted molar refractivity (Wildman–Crippen MR) is 131 cm³/mol. The summed E-state index contributed by atoms with van der Waals surface area (Å²) in [7, 11) is 0. The van der Waals surface area contributed by atoms with Gasteiger partial charge in [0.1, 0.15) is 6.17 Å². The van der Waals surface area contributed by atoms with Crippen LogP contribution in [0.15, 0.2) is 30.6 Å². The van der Waals surface area contributed by atoms with E-state index in [0.717, 1.165) is 16.7 Å². The van der Waals surface area contributed by atoms with Gasteiger partial charge in [-0.05, 0) is 38.0 Å². The average molecular weight is 470 g/mol. The lowest BCUT2D eigenvalue weighted by Gasteiger charge is -2.26. The third-order valence-electron chi connectivity index (χ3n) is 5.44. The number of aliphatic hydroxyl groups is 1. The van der Waals surface area contributed by atoms with Crippen molar-refractivity contribution < 1.29 is 14.3 Å². The summed E-state index contributed by atoms with van der Waals surface area (Å²) in [4.78, 5) is 21.4. The molecule has 0 spiro atoms. The number of nitrogens with zero attached hydrogens (tertiary/aromatic N) is 2. The number of nitrogens with one attached hydrogen (secondary N) is 4. The van der Waals surface area contributed by atoms with Crippen molar-refractivity contribution in [3.8, 4) is 11.3 Å². The van der Waals surface area contributed by atoms with Gasteiger partial charge < -0.3 is 32.2 Å². The maximum absolute atomic E-state index is 13.7. The summed E-state index contributed by atoms with van der Waals surface area (Å²) in [5, 5.41) is 26.4. The van der Waals surface area contributed by atoms with Crippen LogP contribution < -0.4 is 21.7 Å². The number of nitrogen functional groups attached to an aromatic ring is 1. The first-order valence-electron chi connectivity index (χ1n) is 11.1. The number of aromatic nitrogens is 2. The van der Waals surface area contributed by atoms with Gasteiger partial charge in [0.25, 0.3) is 5.91 Å². The predicted octanol–water partition coefficient (Wildman–Crippen LogP) is 1.81. The zero-order valence-electron chi connectivity index (χ0n) is 19.7. The van der Waals surface area contributed by atoms with E-state index < -0.39 is 17.7 Å². The highest BCUT2D eigenvalue weighted by Crippen LogP contribution is 2.26. The third-order valence-corrected chi connectivity index (χ3v) is 5.44. The van der Waals surface area contributed by atoms with Crippen LogP contribution in [0.4, 0.5) is 10.2 Å². The van der Waals surface area contributed by atoms with E-state index in [-0.39, 0.29) is 30.5 Å². The van der Waals surface area contributed by atoms with Gasteiger partial charge in [-0.2, -0.15) is 0 Å². The second kappa shape index (κ2) is 10.7. The van der Waals surface area contributed by atoms with Crippen molar-refractivity contribution in [2.75, 3.05) is 25.4 Å². The normalized spacial score (nSPS) is 18.9. The fourth-order valence-electron chi connectivity index (χ4n) is 3.65. The smallest absolute Gasteiger partial charge is 0.274 e. The SMILES string of the molecule is Cc1ccc(/C(C=N)=C/NCC(C)(C)O)cc1-c1cnc(N)c(C(=O)NC2CNCC(F)C2)n1. The number of aryl methyl sites for hydroxylation is 1. The lowest BCUT2D eigenvalue weighted by Crippen LogP contribution is -2.49. The molecule has 2 atom stereocenters. The van der Waals surface area contributed by atoms with E-state index in [1.807, 2.05) is 25.1 Å². The van der Waals surface area contributed by atoms with Gasteiger partial charge in [0.2, 0.25) is 0 Å². The summed E-state index contributed by atoms with van der Waals surface area (Å²) >= 11 is 0. The van der Waals surface area contributed by atoms with Gasteiger partial charge in [0, 0.05) is 55.6 Å². The molecule has 10 heteroatoms. The van der Waals surface area contributed by atoms with Gasteiger partial charge in [-0.3, -0.25) is 4.79 Å². The van der Waals surface area contributed by atoms with Gasteiger partial charge in [-0.15, -0.1) is 0 Å². The van der Waals surface area contributed by atoms with Crippen LogP contribution >= 0.6 is 0 Å². The van der Waals surface area contributed by atoms with Crippen molar-refractivity contribution in [3.05, 3.63) is 47.4 Å². The highest BCUT2D eigenvalue weighted by molar-refractivity contribution is 6.08. The number of hydrogen-bond donors (Lipinski definition) is 6. The number of carbonyl (C=O) groups excluding carboxylic acids is 1. The van der Waals surface area contributed by atoms with E-state index in [9.17, 15) is 14.3 Å². The number of rotatable bonds is 8. The second-order valence-electron chi connectivity index (χ2n) is 9.12. The van der Waals surface area contributed by atoms with Crippen LogP contribution in [0.2, 0.25) is 0 Å². The first-order valence-corrected chi connectivity index (χ1v) is 11.1. The molecule has 34 heavy (non-hydrogen) atoms. The zero-order valence-corrected chi connectivity index (χ0v) is 19.7. The molecular weight excluding hydrogens is 437 g/mol. The number of carbonyl (C=O) groups is 1. The molecular formula is C24H32FN7O2. The molecule has 7 N–H and O–H groups in total. The second-order valence-corrected chi connectivity index (χ2v) is 9.12. The molecule has 0 aliphatic carbocycles. The molecule has 0 bridgehead atoms. The third kappa shape index (κ3) is 6.58. The highest BCUT2D eigenvalue weighted by Gasteiger charge is 2.25. The van der Waals surface area contributed by atoms with Crippen LogP contribution in [-0.4, -0.2) is 64.6 Å². The number of halogens is 1. The molecule has 1 amide bonds. The molecule has 9 nitrogen and oxygen atoms in total. The Morgan fingerprint density at radius 2 is 2.18 bits per heavy atom. The van der Waals surface area contributed by atoms with Crippen molar-refractivity contribution in [2.45, 2.75) is 45.0 Å². The summed E-state index contributed by atoms with van der Waals surface area (Å²) in [6.45, 7) is 6.36. The van der Waals surface area contributed by atoms with Gasteiger partial charge in [0.15, 0.2) is 11.5 Å². The zero-order chi connectivity index (χ0) is 24.9. The Morgan fingerprint density at radius 1 is 1.41 bits per heavy atom. The Morgan fingerprint density at radius 3 is 2.85 bits per heavy atom. The minimum Gasteiger partial charge on any atom is -0.389 e. The molecule has 1 aromatic heterocycles. The van der Waals surface area contributed by atoms with Crippen molar-refractivity contribution in [1.29, 1.82) is 5.41 Å². The molecule has 1 aliphatic rings. The van der Waals surface area contributed by atoms with Crippen molar-refractivity contribution in [3.63, 3.8) is 0 Å². The van der Waals surface area contributed by atoms with E-state index in [1.165, 1.54) is 12.4 Å². The molecule has 2 heterocycles. The van der Waals surface area contributed by atoms with Crippen LogP contribution in [0.5, 0.6) is 0 Å². The molecule has 1 saturated heterocycles. The topological polar surface area (TPSA) is 149 Å². The summed E-state index contributed by atoms with van der Waals surface area (Å²) < 4.78 is 13.7. The average Bonchev–Trinajstić information content (AvgIpc) is 2.77. The van der Waals surface area contributed by atoms with Crippen LogP contribution in [0.25, 0.3) is 16.8 Å². The van der Waals surface area contributed by atoms with E-state index in [2.05, 4.69) is 25.9 Å². The van der Waals surface area contributed by atoms with Gasteiger partial charge in [-0.25, -0.2) is 14.4 Å². The van der Waals surface area contributed by atoms with Crippen LogP contribution in [0.3, 0.4) is 0 Å². The van der Waals surface area contributed by atoms with Gasteiger partial charge >= 0.3 is 0 Å². The van der Waals surface area contributed by atoms with Crippen LogP contribution in [0, 0.1) is 12.3 Å². The molecule has 0 radical (unpaired) electrons. The number of piperidine rings is 1. The molecule has 3 rings (SSSR count). The molecule has 1 aliphatic heterocycles. The minimum absolute atomic E-state index is 0.00785. The van der Waals surface area contributed by atoms with Gasteiger partial charge in [-0.1, -0.05) is 12.1 Å². The van der Waals surface area contributed by atoms with Crippen molar-refractivity contribution in [1.82, 2.24) is 25.9 Å². The molecule has 1 fully saturated rings. The quantitative estimate of drug-likeness (QED) is 0.323. The fourth-order valence-corrected chi connectivity index (χ4v) is 3.65. The molecule has 0 saturated carbocycles. The minimum atomic E-state index is -1.02. The number of alkyl halides is 1. The summed E-state index contributed by atoms with van der Waals surface area (Å²) in [6, 6.07) is 5.27. The highest BCUT2D eigenvalue weighted by atomic mass is 19.1. The maximum Gasteiger partial charge on any atom is 0.274 e. The fraction of sp³-hybridized carbons (Fsp3) is 0.417. The number of amides is 1. The van der Waals surface area contributed by atoms with E-state index in [1.54, 1.807) is 20.0 Å². The van der Waals surface area contributed by atoms with Crippen LogP contribution in [0.1, 0.15) is 41.9 Å². The standard InChI is InChI=1S/C24H32FN7O2/c1-14-4-5-15(16(8-26)9-29-13-24(2,3)34)6-19(14)20-12-30-22(27)21(32-20)23(33)31-18-7-17(25)10-28-11-18/h4-6,8-9,12,17-18,26,28-29,34H,7,10-11,13H2,1-3H3,(H2,27,30)(H,31,33)/b16-9+,26-8?. The summed E-state index contributed by atoms with van der Waals surface area (Å²) in [5.41, 5.74) is 8.49. The number of hydrogen-bond acceptors (Lipinski definition) is 8. The maximum atomic E-state index is 13.7. The largest absolute Gasteiger partial charge is 0.389 e. The summed E-state index contributed by atoms with van der Waals surface area (Å²) in [6.07, 6.45) is 3.60. The Kier molecular flexibility index (Phi) is 7.95. The van der Waals surface area contributed by atoms with E-state index in [0.29, 0.717) is 24.4 Å². The molecule has 1 aromatic carbocycles. The number of benzene rings is 1. The van der Waals surface area contributed by atoms with E-state index >= 15 is 0 Å². The molecule has 182 valence electrons. The van der Waals surface area contributed by atoms with Crippen molar-refractivity contribution in [2.24, 2.45) is 0 Å². The number of allylic oxidation sites excluding steroid dienone is 1. The van der Waals surface area contributed by atoms with Crippen LogP contribution in [-0.2, 0) is 0 Å². The van der Waals surface area contributed by atoms with Crippen molar-refractivity contribution >= 4 is 23.5 Å². The lowest BCUT2D eigenvalue weighted by atomic mass is 9.98. The Hall–Kier alpha value is -3.37. The molecule has 2 aromatic rings. The van der Waals surface area contributed by atoms with Gasteiger partial charge in [0.05, 0.1) is 17.5 Å². The summed E-state index contributed by atoms with van der Waals surface area (Å²) in [5.74, 6) is -0.510. The number of nitrogens with two attached hydrogens (primary N) is 1. The first kappa shape index (κ1) is 25.3. The Balaban J connectivity index is 1.87. The monoisotopic (exact) mass is 469 g/mol. The van der Waals surface area contributed by atoms with E-state index in [4.69, 9.17) is 11.1 Å². The lowest BCUT2D eigenvalue weighted by molar-refractivity contribution is 0.0835. The Labute approximate surface area is 198 Å².